The van der Waals surface area contributed by atoms with Crippen molar-refractivity contribution in [1.82, 2.24) is 24.5 Å². The van der Waals surface area contributed by atoms with Gasteiger partial charge in [-0.05, 0) is 56.4 Å². The highest BCUT2D eigenvalue weighted by Gasteiger charge is 2.30. The molecule has 0 spiro atoms. The van der Waals surface area contributed by atoms with Crippen LogP contribution in [-0.4, -0.2) is 48.2 Å². The summed E-state index contributed by atoms with van der Waals surface area (Å²) in [5.74, 6) is -0.0892. The van der Waals surface area contributed by atoms with E-state index in [4.69, 9.17) is 4.74 Å². The van der Waals surface area contributed by atoms with Gasteiger partial charge in [0.05, 0.1) is 12.2 Å². The van der Waals surface area contributed by atoms with Crippen molar-refractivity contribution in [3.63, 3.8) is 0 Å². The summed E-state index contributed by atoms with van der Waals surface area (Å²) >= 11 is 0. The third-order valence-corrected chi connectivity index (χ3v) is 6.91. The molecular weight excluding hydrogens is 513 g/mol. The number of alkyl halides is 3. The lowest BCUT2D eigenvalue weighted by Crippen LogP contribution is -2.31. The van der Waals surface area contributed by atoms with Gasteiger partial charge in [0.15, 0.2) is 17.3 Å². The Bertz CT molecular complexity index is 1500. The average Bonchev–Trinajstić information content (AvgIpc) is 3.21. The molecule has 39 heavy (non-hydrogen) atoms. The lowest BCUT2D eigenvalue weighted by atomic mass is 9.80. The molecule has 0 amide bonds. The molecule has 0 aliphatic heterocycles. The molecule has 5 rings (SSSR count). The fourth-order valence-electron chi connectivity index (χ4n) is 4.63. The van der Waals surface area contributed by atoms with Gasteiger partial charge in [-0.25, -0.2) is 19.7 Å². The van der Waals surface area contributed by atoms with Gasteiger partial charge in [-0.1, -0.05) is 18.6 Å². The van der Waals surface area contributed by atoms with Crippen molar-refractivity contribution < 1.29 is 27.8 Å². The van der Waals surface area contributed by atoms with Gasteiger partial charge < -0.3 is 19.7 Å². The first-order valence-electron chi connectivity index (χ1n) is 12.7. The summed E-state index contributed by atoms with van der Waals surface area (Å²) in [6.07, 6.45) is 0.351. The van der Waals surface area contributed by atoms with Crippen LogP contribution in [0, 0.1) is 5.92 Å². The maximum atomic E-state index is 13.2. The van der Waals surface area contributed by atoms with E-state index in [1.807, 2.05) is 13.8 Å². The molecule has 0 saturated heterocycles. The predicted molar refractivity (Wildman–Crippen MR) is 138 cm³/mol. The number of benzene rings is 1. The summed E-state index contributed by atoms with van der Waals surface area (Å²) in [6, 6.07) is 8.26. The summed E-state index contributed by atoms with van der Waals surface area (Å²) in [6.45, 7) is 4.42. The number of carbonyl (C=O) groups is 1. The van der Waals surface area contributed by atoms with Gasteiger partial charge in [-0.2, -0.15) is 13.2 Å². The minimum absolute atomic E-state index is 0.00997. The molecule has 1 fully saturated rings. The number of halogens is 3. The van der Waals surface area contributed by atoms with Crippen molar-refractivity contribution in [2.45, 2.75) is 51.9 Å². The molecule has 1 aliphatic rings. The van der Waals surface area contributed by atoms with Crippen LogP contribution >= 0.6 is 0 Å². The maximum Gasteiger partial charge on any atom is 0.416 e. The van der Waals surface area contributed by atoms with Gasteiger partial charge in [-0.3, -0.25) is 4.98 Å². The van der Waals surface area contributed by atoms with Crippen molar-refractivity contribution in [3.8, 4) is 17.3 Å². The summed E-state index contributed by atoms with van der Waals surface area (Å²) in [7, 11) is 0. The van der Waals surface area contributed by atoms with Crippen LogP contribution in [0.3, 0.4) is 0 Å². The minimum Gasteiger partial charge on any atom is -0.494 e. The molecule has 204 valence electrons. The molecule has 0 bridgehead atoms. The monoisotopic (exact) mass is 540 g/mol. The van der Waals surface area contributed by atoms with E-state index in [2.05, 4.69) is 25.3 Å². The SMILES string of the molecule is CCOc1ccnc(-c2nc3nc(C(=O)O)nc(NC(C)C4CCC4)c3n2Cc2ccc(C(F)(F)F)cc2)c1. The van der Waals surface area contributed by atoms with Crippen LogP contribution in [-0.2, 0) is 12.7 Å². The molecular formula is C27H27F3N6O3. The van der Waals surface area contributed by atoms with Crippen LogP contribution in [0.1, 0.15) is 54.9 Å². The van der Waals surface area contributed by atoms with Crippen molar-refractivity contribution in [3.05, 3.63) is 59.5 Å². The summed E-state index contributed by atoms with van der Waals surface area (Å²) in [5, 5.41) is 13.0. The zero-order valence-corrected chi connectivity index (χ0v) is 21.4. The van der Waals surface area contributed by atoms with E-state index in [-0.39, 0.29) is 18.2 Å². The summed E-state index contributed by atoms with van der Waals surface area (Å²) < 4.78 is 46.8. The smallest absolute Gasteiger partial charge is 0.416 e. The number of pyridine rings is 1. The Balaban J connectivity index is 1.68. The van der Waals surface area contributed by atoms with E-state index in [0.717, 1.165) is 31.4 Å². The number of carboxylic acids is 1. The third kappa shape index (κ3) is 5.50. The quantitative estimate of drug-likeness (QED) is 0.280. The number of fused-ring (bicyclic) bond motifs is 1. The van der Waals surface area contributed by atoms with E-state index in [0.29, 0.717) is 46.7 Å². The van der Waals surface area contributed by atoms with E-state index in [1.54, 1.807) is 22.9 Å². The highest BCUT2D eigenvalue weighted by atomic mass is 19.4. The Morgan fingerprint density at radius 1 is 1.18 bits per heavy atom. The topological polar surface area (TPSA) is 115 Å². The van der Waals surface area contributed by atoms with Crippen LogP contribution in [0.5, 0.6) is 5.75 Å². The van der Waals surface area contributed by atoms with Crippen LogP contribution in [0.25, 0.3) is 22.7 Å². The van der Waals surface area contributed by atoms with Crippen LogP contribution in [0.15, 0.2) is 42.6 Å². The first-order chi connectivity index (χ1) is 18.6. The third-order valence-electron chi connectivity index (χ3n) is 6.91. The van der Waals surface area contributed by atoms with E-state index in [9.17, 15) is 23.1 Å². The maximum absolute atomic E-state index is 13.2. The molecule has 1 saturated carbocycles. The van der Waals surface area contributed by atoms with E-state index in [1.165, 1.54) is 12.1 Å². The van der Waals surface area contributed by atoms with Crippen molar-refractivity contribution >= 4 is 23.0 Å². The molecule has 1 unspecified atom stereocenters. The summed E-state index contributed by atoms with van der Waals surface area (Å²) in [4.78, 5) is 29.4. The first-order valence-corrected chi connectivity index (χ1v) is 12.7. The van der Waals surface area contributed by atoms with Gasteiger partial charge in [0, 0.05) is 24.8 Å². The van der Waals surface area contributed by atoms with E-state index >= 15 is 0 Å². The molecule has 9 nitrogen and oxygen atoms in total. The fourth-order valence-corrected chi connectivity index (χ4v) is 4.63. The zero-order valence-electron chi connectivity index (χ0n) is 21.4. The highest BCUT2D eigenvalue weighted by molar-refractivity contribution is 5.92. The standard InChI is InChI=1S/C27H27F3N6O3/c1-3-39-19-11-12-31-20(13-19)25-35-23-21(36(25)14-16-7-9-18(10-8-16)27(28,29)30)22(33-24(34-23)26(37)38)32-15(2)17-5-4-6-17/h7-13,15,17H,3-6,14H2,1-2H3,(H,37,38)(H,32,33,34). The minimum atomic E-state index is -4.45. The Labute approximate surface area is 222 Å². The Morgan fingerprint density at radius 2 is 1.92 bits per heavy atom. The second-order valence-electron chi connectivity index (χ2n) is 9.52. The summed E-state index contributed by atoms with van der Waals surface area (Å²) in [5.41, 5.74) is 0.825. The largest absolute Gasteiger partial charge is 0.494 e. The highest BCUT2D eigenvalue weighted by Crippen LogP contribution is 2.34. The number of nitrogens with zero attached hydrogens (tertiary/aromatic N) is 5. The normalized spacial score (nSPS) is 14.7. The number of carboxylic acid groups (broad SMARTS) is 1. The molecule has 0 radical (unpaired) electrons. The van der Waals surface area contributed by atoms with Crippen LogP contribution < -0.4 is 10.1 Å². The second-order valence-corrected chi connectivity index (χ2v) is 9.52. The molecule has 1 aromatic carbocycles. The molecule has 3 aromatic heterocycles. The number of rotatable bonds is 9. The van der Waals surface area contributed by atoms with Gasteiger partial charge in [0.1, 0.15) is 17.0 Å². The molecule has 4 aromatic rings. The van der Waals surface area contributed by atoms with Crippen molar-refractivity contribution in [2.24, 2.45) is 5.92 Å². The Hall–Kier alpha value is -4.22. The number of ether oxygens (including phenoxy) is 1. The number of hydrogen-bond acceptors (Lipinski definition) is 7. The van der Waals surface area contributed by atoms with Gasteiger partial charge in [-0.15, -0.1) is 0 Å². The molecule has 3 heterocycles. The van der Waals surface area contributed by atoms with E-state index < -0.39 is 23.5 Å². The molecule has 1 atom stereocenters. The Morgan fingerprint density at radius 3 is 2.54 bits per heavy atom. The number of nitrogens with one attached hydrogen (secondary N) is 1. The number of aromatic carboxylic acids is 1. The predicted octanol–water partition coefficient (Wildman–Crippen LogP) is 5.65. The number of anilines is 1. The Kier molecular flexibility index (Phi) is 7.11. The van der Waals surface area contributed by atoms with Gasteiger partial charge in [0.25, 0.3) is 0 Å². The number of hydrogen-bond donors (Lipinski definition) is 2. The van der Waals surface area contributed by atoms with Gasteiger partial charge >= 0.3 is 12.1 Å². The van der Waals surface area contributed by atoms with Gasteiger partial charge in [0.2, 0.25) is 5.82 Å². The van der Waals surface area contributed by atoms with Crippen LogP contribution in [0.2, 0.25) is 0 Å². The van der Waals surface area contributed by atoms with Crippen molar-refractivity contribution in [2.75, 3.05) is 11.9 Å². The number of imidazole rings is 1. The average molecular weight is 541 g/mol. The lowest BCUT2D eigenvalue weighted by Gasteiger charge is -2.32. The lowest BCUT2D eigenvalue weighted by molar-refractivity contribution is -0.137. The number of aromatic nitrogens is 5. The first kappa shape index (κ1) is 26.4. The molecule has 12 heteroatoms. The van der Waals surface area contributed by atoms with Crippen molar-refractivity contribution in [1.29, 1.82) is 0 Å². The molecule has 2 N–H and O–H groups in total. The zero-order chi connectivity index (χ0) is 27.7. The fraction of sp³-hybridized carbons (Fsp3) is 0.370. The second kappa shape index (κ2) is 10.5. The van der Waals surface area contributed by atoms with Crippen LogP contribution in [0.4, 0.5) is 19.0 Å². The molecule has 1 aliphatic carbocycles.